The lowest BCUT2D eigenvalue weighted by atomic mass is 9.53. The van der Waals surface area contributed by atoms with E-state index in [1.54, 1.807) is 0 Å². The number of carbonyl (C=O) groups is 1. The minimum absolute atomic E-state index is 0. The molecule has 1 N–H and O–H groups in total. The first-order valence-corrected chi connectivity index (χ1v) is 8.74. The van der Waals surface area contributed by atoms with Gasteiger partial charge in [0.25, 0.3) is 0 Å². The lowest BCUT2D eigenvalue weighted by Gasteiger charge is -2.57. The summed E-state index contributed by atoms with van der Waals surface area (Å²) in [4.78, 5) is 14.8. The molecule has 5 rings (SSSR count). The Balaban J connectivity index is 0.00000132. The maximum Gasteiger partial charge on any atom is 0.234 e. The van der Waals surface area contributed by atoms with Gasteiger partial charge in [-0.15, -0.1) is 12.4 Å². The highest BCUT2D eigenvalue weighted by Gasteiger charge is 2.51. The molecule has 3 nitrogen and oxygen atoms in total. The zero-order chi connectivity index (χ0) is 13.6. The number of hydrogen-bond acceptors (Lipinski definition) is 2. The van der Waals surface area contributed by atoms with Crippen molar-refractivity contribution in [1.82, 2.24) is 10.2 Å². The van der Waals surface area contributed by atoms with E-state index >= 15 is 0 Å². The molecule has 0 aromatic carbocycles. The fraction of sp³-hybridized carbons (Fsp3) is 0.941. The molecule has 1 aliphatic heterocycles. The van der Waals surface area contributed by atoms with Crippen molar-refractivity contribution in [3.05, 3.63) is 0 Å². The highest BCUT2D eigenvalue weighted by molar-refractivity contribution is 5.85. The Hall–Kier alpha value is -0.280. The number of nitrogens with zero attached hydrogens (tertiary/aromatic N) is 1. The number of rotatable bonds is 3. The summed E-state index contributed by atoms with van der Waals surface area (Å²) in [6, 6.07) is 0. The molecule has 0 aromatic heterocycles. The third-order valence-electron chi connectivity index (χ3n) is 6.26. The highest BCUT2D eigenvalue weighted by Crippen LogP contribution is 2.55. The highest BCUT2D eigenvalue weighted by atomic mass is 35.5. The summed E-state index contributed by atoms with van der Waals surface area (Å²) in [5.74, 6) is 3.04. The molecule has 4 heteroatoms. The van der Waals surface area contributed by atoms with Crippen LogP contribution in [0.25, 0.3) is 0 Å². The number of hydrogen-bond donors (Lipinski definition) is 1. The summed E-state index contributed by atoms with van der Waals surface area (Å²) < 4.78 is 0. The van der Waals surface area contributed by atoms with Crippen molar-refractivity contribution in [1.29, 1.82) is 0 Å². The van der Waals surface area contributed by atoms with Gasteiger partial charge in [-0.1, -0.05) is 6.42 Å². The fourth-order valence-corrected chi connectivity index (χ4v) is 5.92. The van der Waals surface area contributed by atoms with Gasteiger partial charge in [0.2, 0.25) is 5.91 Å². The fourth-order valence-electron chi connectivity index (χ4n) is 5.92. The van der Waals surface area contributed by atoms with Crippen LogP contribution in [0.2, 0.25) is 0 Å². The first kappa shape index (κ1) is 15.6. The molecule has 120 valence electrons. The number of amides is 1. The summed E-state index contributed by atoms with van der Waals surface area (Å²) in [5.41, 5.74) is 0.196. The standard InChI is InChI=1S/C17H28N2O.ClH/c20-16(12-19-4-2-1-3-5-19)18-17-9-13-6-14(10-17)8-15(7-13)11-17;/h13-15H,1-12H2,(H,18,20);1H. The van der Waals surface area contributed by atoms with Crippen LogP contribution in [0.1, 0.15) is 57.8 Å². The predicted octanol–water partition coefficient (Wildman–Crippen LogP) is 2.98. The van der Waals surface area contributed by atoms with E-state index in [-0.39, 0.29) is 17.9 Å². The lowest BCUT2D eigenvalue weighted by molar-refractivity contribution is -0.128. The first-order valence-electron chi connectivity index (χ1n) is 8.74. The van der Waals surface area contributed by atoms with Gasteiger partial charge < -0.3 is 5.32 Å². The van der Waals surface area contributed by atoms with E-state index in [4.69, 9.17) is 0 Å². The van der Waals surface area contributed by atoms with Crippen molar-refractivity contribution in [2.75, 3.05) is 19.6 Å². The van der Waals surface area contributed by atoms with Crippen molar-refractivity contribution in [2.45, 2.75) is 63.3 Å². The molecule has 5 fully saturated rings. The molecule has 0 aromatic rings. The van der Waals surface area contributed by atoms with Crippen molar-refractivity contribution in [3.63, 3.8) is 0 Å². The number of carbonyl (C=O) groups excluding carboxylic acids is 1. The zero-order valence-electron chi connectivity index (χ0n) is 13.0. The van der Waals surface area contributed by atoms with Gasteiger partial charge in [-0.3, -0.25) is 9.69 Å². The summed E-state index contributed by atoms with van der Waals surface area (Å²) >= 11 is 0. The average molecular weight is 313 g/mol. The molecule has 4 saturated carbocycles. The number of nitrogens with one attached hydrogen (secondary N) is 1. The average Bonchev–Trinajstić information content (AvgIpc) is 2.37. The minimum atomic E-state index is 0. The molecule has 4 bridgehead atoms. The zero-order valence-corrected chi connectivity index (χ0v) is 13.8. The van der Waals surface area contributed by atoms with Crippen LogP contribution in [-0.4, -0.2) is 36.0 Å². The second-order valence-corrected chi connectivity index (χ2v) is 8.08. The van der Waals surface area contributed by atoms with Gasteiger partial charge in [-0.05, 0) is 82.2 Å². The van der Waals surface area contributed by atoms with Crippen LogP contribution >= 0.6 is 12.4 Å². The monoisotopic (exact) mass is 312 g/mol. The third-order valence-corrected chi connectivity index (χ3v) is 6.26. The van der Waals surface area contributed by atoms with Crippen LogP contribution in [-0.2, 0) is 4.79 Å². The second kappa shape index (κ2) is 6.08. The molecular formula is C17H29ClN2O. The topological polar surface area (TPSA) is 32.3 Å². The molecule has 0 spiro atoms. The normalized spacial score (nSPS) is 41.6. The maximum absolute atomic E-state index is 12.4. The van der Waals surface area contributed by atoms with E-state index in [0.29, 0.717) is 12.5 Å². The Bertz CT molecular complexity index is 357. The Morgan fingerprint density at radius 2 is 1.48 bits per heavy atom. The van der Waals surface area contributed by atoms with Crippen LogP contribution in [0.4, 0.5) is 0 Å². The van der Waals surface area contributed by atoms with Crippen LogP contribution < -0.4 is 5.32 Å². The lowest BCUT2D eigenvalue weighted by Crippen LogP contribution is -2.61. The number of halogens is 1. The molecular weight excluding hydrogens is 284 g/mol. The van der Waals surface area contributed by atoms with E-state index in [1.165, 1.54) is 57.8 Å². The Morgan fingerprint density at radius 3 is 2.00 bits per heavy atom. The molecule has 1 heterocycles. The molecule has 0 radical (unpaired) electrons. The maximum atomic E-state index is 12.4. The van der Waals surface area contributed by atoms with Crippen LogP contribution in [0, 0.1) is 17.8 Å². The van der Waals surface area contributed by atoms with Gasteiger partial charge in [-0.2, -0.15) is 0 Å². The van der Waals surface area contributed by atoms with Gasteiger partial charge in [-0.25, -0.2) is 0 Å². The quantitative estimate of drug-likeness (QED) is 0.869. The third kappa shape index (κ3) is 3.24. The molecule has 0 atom stereocenters. The van der Waals surface area contributed by atoms with Crippen LogP contribution in [0.3, 0.4) is 0 Å². The SMILES string of the molecule is Cl.O=C(CN1CCCCC1)NC12CC3CC(CC(C3)C1)C2. The molecule has 5 aliphatic rings. The molecule has 4 aliphatic carbocycles. The van der Waals surface area contributed by atoms with E-state index in [0.717, 1.165) is 30.8 Å². The Morgan fingerprint density at radius 1 is 0.952 bits per heavy atom. The van der Waals surface area contributed by atoms with Gasteiger partial charge in [0, 0.05) is 5.54 Å². The largest absolute Gasteiger partial charge is 0.350 e. The van der Waals surface area contributed by atoms with Gasteiger partial charge >= 0.3 is 0 Å². The van der Waals surface area contributed by atoms with E-state index in [2.05, 4.69) is 10.2 Å². The molecule has 21 heavy (non-hydrogen) atoms. The van der Waals surface area contributed by atoms with Gasteiger partial charge in [0.05, 0.1) is 6.54 Å². The number of likely N-dealkylation sites (tertiary alicyclic amines) is 1. The van der Waals surface area contributed by atoms with E-state index < -0.39 is 0 Å². The predicted molar refractivity (Wildman–Crippen MR) is 86.6 cm³/mol. The Labute approximate surface area is 134 Å². The van der Waals surface area contributed by atoms with E-state index in [9.17, 15) is 4.79 Å². The van der Waals surface area contributed by atoms with Crippen LogP contribution in [0.15, 0.2) is 0 Å². The van der Waals surface area contributed by atoms with E-state index in [1.807, 2.05) is 0 Å². The molecule has 1 saturated heterocycles. The summed E-state index contributed by atoms with van der Waals surface area (Å²) in [5, 5.41) is 3.49. The summed E-state index contributed by atoms with van der Waals surface area (Å²) in [6.07, 6.45) is 12.0. The van der Waals surface area contributed by atoms with Crippen LogP contribution in [0.5, 0.6) is 0 Å². The second-order valence-electron chi connectivity index (χ2n) is 8.08. The first-order chi connectivity index (χ1) is 9.71. The van der Waals surface area contributed by atoms with Crippen molar-refractivity contribution < 1.29 is 4.79 Å². The molecule has 1 amide bonds. The molecule has 0 unspecified atom stereocenters. The summed E-state index contributed by atoms with van der Waals surface area (Å²) in [6.45, 7) is 2.88. The van der Waals surface area contributed by atoms with Gasteiger partial charge in [0.15, 0.2) is 0 Å². The Kier molecular flexibility index (Phi) is 4.52. The van der Waals surface area contributed by atoms with Crippen molar-refractivity contribution in [2.24, 2.45) is 17.8 Å². The summed E-state index contributed by atoms with van der Waals surface area (Å²) in [7, 11) is 0. The van der Waals surface area contributed by atoms with Gasteiger partial charge in [0.1, 0.15) is 0 Å². The minimum Gasteiger partial charge on any atom is -0.350 e. The smallest absolute Gasteiger partial charge is 0.234 e. The van der Waals surface area contributed by atoms with Crippen molar-refractivity contribution in [3.8, 4) is 0 Å². The number of piperidine rings is 1. The van der Waals surface area contributed by atoms with Crippen molar-refractivity contribution >= 4 is 18.3 Å².